The van der Waals surface area contributed by atoms with E-state index < -0.39 is 5.54 Å². The first-order valence-electron chi connectivity index (χ1n) is 7.04. The van der Waals surface area contributed by atoms with Crippen molar-refractivity contribution in [3.8, 4) is 0 Å². The van der Waals surface area contributed by atoms with Crippen LogP contribution < -0.4 is 11.1 Å². The summed E-state index contributed by atoms with van der Waals surface area (Å²) in [4.78, 5) is 16.9. The molecule has 0 bridgehead atoms. The topological polar surface area (TPSA) is 94.0 Å². The number of amides is 1. The minimum atomic E-state index is -0.467. The molecule has 2 heterocycles. The van der Waals surface area contributed by atoms with E-state index in [1.54, 1.807) is 13.0 Å². The van der Waals surface area contributed by atoms with E-state index in [1.165, 1.54) is 0 Å². The highest BCUT2D eigenvalue weighted by molar-refractivity contribution is 6.06. The highest BCUT2D eigenvalue weighted by atomic mass is 35.5. The molecule has 0 fully saturated rings. The molecular weight excluding hydrogens is 304 g/mol. The molecule has 0 aromatic carbocycles. The molecule has 2 aromatic heterocycles. The summed E-state index contributed by atoms with van der Waals surface area (Å²) in [5.41, 5.74) is 7.64. The van der Waals surface area contributed by atoms with Gasteiger partial charge in [0.1, 0.15) is 0 Å². The van der Waals surface area contributed by atoms with E-state index in [-0.39, 0.29) is 24.2 Å². The van der Waals surface area contributed by atoms with Gasteiger partial charge in [-0.25, -0.2) is 4.98 Å². The fourth-order valence-corrected chi connectivity index (χ4v) is 2.15. The molecule has 0 radical (unpaired) electrons. The zero-order valence-corrected chi connectivity index (χ0v) is 14.4. The maximum atomic E-state index is 12.7. The van der Waals surface area contributed by atoms with E-state index in [2.05, 4.69) is 15.5 Å². The van der Waals surface area contributed by atoms with Crippen LogP contribution in [-0.2, 0) is 0 Å². The fourth-order valence-electron chi connectivity index (χ4n) is 2.15. The molecule has 0 saturated heterocycles. The lowest BCUT2D eigenvalue weighted by atomic mass is 9.88. The molecule has 0 aliphatic carbocycles. The van der Waals surface area contributed by atoms with Gasteiger partial charge in [-0.2, -0.15) is 0 Å². The number of fused-ring (bicyclic) bond motifs is 1. The molecule has 1 unspecified atom stereocenters. The summed E-state index contributed by atoms with van der Waals surface area (Å²) in [6.45, 7) is 9.99. The number of carbonyl (C=O) groups excluding carboxylic acids is 1. The maximum absolute atomic E-state index is 12.7. The Labute approximate surface area is 136 Å². The van der Waals surface area contributed by atoms with Crippen molar-refractivity contribution in [2.45, 2.75) is 40.2 Å². The number of hydrogen-bond acceptors (Lipinski definition) is 5. The molecule has 0 saturated carbocycles. The number of nitrogens with two attached hydrogens (primary N) is 1. The normalized spacial score (nSPS) is 13.8. The quantitative estimate of drug-likeness (QED) is 0.899. The van der Waals surface area contributed by atoms with Gasteiger partial charge in [-0.3, -0.25) is 4.79 Å². The monoisotopic (exact) mass is 326 g/mol. The van der Waals surface area contributed by atoms with Crippen LogP contribution in [0.3, 0.4) is 0 Å². The molecule has 1 atom stereocenters. The molecule has 1 amide bonds. The van der Waals surface area contributed by atoms with E-state index in [1.807, 2.05) is 27.7 Å². The van der Waals surface area contributed by atoms with Gasteiger partial charge in [0.05, 0.1) is 22.2 Å². The second-order valence-electron chi connectivity index (χ2n) is 5.99. The second kappa shape index (κ2) is 6.62. The van der Waals surface area contributed by atoms with Gasteiger partial charge in [-0.1, -0.05) is 19.0 Å². The molecule has 22 heavy (non-hydrogen) atoms. The number of aromatic nitrogens is 2. The molecule has 2 aromatic rings. The minimum absolute atomic E-state index is 0. The van der Waals surface area contributed by atoms with Gasteiger partial charge in [-0.05, 0) is 32.8 Å². The molecular formula is C15H23ClN4O2. The highest BCUT2D eigenvalue weighted by Crippen LogP contribution is 2.23. The van der Waals surface area contributed by atoms with Crippen molar-refractivity contribution >= 4 is 29.4 Å². The van der Waals surface area contributed by atoms with Crippen LogP contribution >= 0.6 is 12.4 Å². The van der Waals surface area contributed by atoms with Crippen molar-refractivity contribution in [1.82, 2.24) is 15.5 Å². The molecule has 0 aliphatic rings. The number of hydrogen-bond donors (Lipinski definition) is 2. The van der Waals surface area contributed by atoms with Crippen molar-refractivity contribution in [3.05, 3.63) is 23.0 Å². The lowest BCUT2D eigenvalue weighted by molar-refractivity contribution is 0.0884. The zero-order valence-electron chi connectivity index (χ0n) is 13.6. The Morgan fingerprint density at radius 1 is 1.45 bits per heavy atom. The van der Waals surface area contributed by atoms with Gasteiger partial charge in [-0.15, -0.1) is 12.4 Å². The van der Waals surface area contributed by atoms with Crippen molar-refractivity contribution in [2.24, 2.45) is 11.7 Å². The minimum Gasteiger partial charge on any atom is -0.345 e. The van der Waals surface area contributed by atoms with Gasteiger partial charge >= 0.3 is 0 Å². The predicted molar refractivity (Wildman–Crippen MR) is 88.3 cm³/mol. The lowest BCUT2D eigenvalue weighted by Gasteiger charge is -2.33. The van der Waals surface area contributed by atoms with Crippen LogP contribution in [0.1, 0.15) is 42.5 Å². The SMILES string of the molecule is Cc1cc(C(=O)NC(C)(CN)C(C)C)c2c(C)noc2n1.Cl. The summed E-state index contributed by atoms with van der Waals surface area (Å²) >= 11 is 0. The summed E-state index contributed by atoms with van der Waals surface area (Å²) in [7, 11) is 0. The van der Waals surface area contributed by atoms with E-state index in [0.29, 0.717) is 34.6 Å². The van der Waals surface area contributed by atoms with Crippen molar-refractivity contribution in [3.63, 3.8) is 0 Å². The standard InChI is InChI=1S/C15H22N4O2.ClH/c1-8(2)15(5,7-16)18-13(20)11-6-9(3)17-14-12(11)10(4)19-21-14;/h6,8H,7,16H2,1-5H3,(H,18,20);1H. The van der Waals surface area contributed by atoms with E-state index in [9.17, 15) is 4.79 Å². The summed E-state index contributed by atoms with van der Waals surface area (Å²) in [6.07, 6.45) is 0. The van der Waals surface area contributed by atoms with Crippen LogP contribution in [0, 0.1) is 19.8 Å². The number of aryl methyl sites for hydroxylation is 2. The van der Waals surface area contributed by atoms with E-state index in [4.69, 9.17) is 10.3 Å². The molecule has 0 spiro atoms. The Morgan fingerprint density at radius 3 is 2.64 bits per heavy atom. The average molecular weight is 327 g/mol. The van der Waals surface area contributed by atoms with Crippen LogP contribution in [0.5, 0.6) is 0 Å². The molecule has 2 rings (SSSR count). The Morgan fingerprint density at radius 2 is 2.09 bits per heavy atom. The third kappa shape index (κ3) is 3.23. The molecule has 122 valence electrons. The van der Waals surface area contributed by atoms with Gasteiger partial charge in [0.2, 0.25) is 0 Å². The van der Waals surface area contributed by atoms with Crippen LogP contribution in [-0.4, -0.2) is 28.1 Å². The third-order valence-electron chi connectivity index (χ3n) is 4.09. The number of halogens is 1. The van der Waals surface area contributed by atoms with Crippen LogP contribution in [0.2, 0.25) is 0 Å². The highest BCUT2D eigenvalue weighted by Gasteiger charge is 2.30. The first-order valence-corrected chi connectivity index (χ1v) is 7.04. The van der Waals surface area contributed by atoms with Crippen molar-refractivity contribution in [2.75, 3.05) is 6.54 Å². The number of nitrogens with zero attached hydrogens (tertiary/aromatic N) is 2. The van der Waals surface area contributed by atoms with Crippen LogP contribution in [0.4, 0.5) is 0 Å². The second-order valence-corrected chi connectivity index (χ2v) is 5.99. The average Bonchev–Trinajstić information content (AvgIpc) is 2.78. The first kappa shape index (κ1) is 18.4. The predicted octanol–water partition coefficient (Wildman–Crippen LogP) is 2.36. The van der Waals surface area contributed by atoms with Crippen molar-refractivity contribution in [1.29, 1.82) is 0 Å². The third-order valence-corrected chi connectivity index (χ3v) is 4.09. The largest absolute Gasteiger partial charge is 0.345 e. The fraction of sp³-hybridized carbons (Fsp3) is 0.533. The Bertz CT molecular complexity index is 683. The molecule has 6 nitrogen and oxygen atoms in total. The summed E-state index contributed by atoms with van der Waals surface area (Å²) in [6, 6.07) is 1.75. The zero-order chi connectivity index (χ0) is 15.8. The smallest absolute Gasteiger partial charge is 0.258 e. The Balaban J connectivity index is 0.00000242. The maximum Gasteiger partial charge on any atom is 0.258 e. The van der Waals surface area contributed by atoms with E-state index >= 15 is 0 Å². The number of rotatable bonds is 4. The van der Waals surface area contributed by atoms with Gasteiger partial charge in [0.15, 0.2) is 0 Å². The number of carbonyl (C=O) groups is 1. The lowest BCUT2D eigenvalue weighted by Crippen LogP contribution is -2.55. The van der Waals surface area contributed by atoms with Crippen LogP contribution in [0.15, 0.2) is 10.6 Å². The number of nitrogens with one attached hydrogen (secondary N) is 1. The van der Waals surface area contributed by atoms with Gasteiger partial charge in [0, 0.05) is 12.2 Å². The summed E-state index contributed by atoms with van der Waals surface area (Å²) < 4.78 is 5.16. The van der Waals surface area contributed by atoms with Gasteiger partial charge in [0.25, 0.3) is 11.6 Å². The Hall–Kier alpha value is -1.66. The van der Waals surface area contributed by atoms with E-state index in [0.717, 1.165) is 0 Å². The van der Waals surface area contributed by atoms with Crippen molar-refractivity contribution < 1.29 is 9.32 Å². The van der Waals surface area contributed by atoms with Gasteiger partial charge < -0.3 is 15.6 Å². The van der Waals surface area contributed by atoms with Crippen LogP contribution in [0.25, 0.3) is 11.1 Å². The first-order chi connectivity index (χ1) is 9.78. The summed E-state index contributed by atoms with van der Waals surface area (Å²) in [5.74, 6) is 0.0342. The molecule has 7 heteroatoms. The molecule has 3 N–H and O–H groups in total. The molecule has 0 aliphatic heterocycles. The number of pyridine rings is 1. The summed E-state index contributed by atoms with van der Waals surface area (Å²) in [5, 5.41) is 7.58. The Kier molecular flexibility index (Phi) is 5.54.